The van der Waals surface area contributed by atoms with E-state index in [1.807, 2.05) is 50.2 Å². The van der Waals surface area contributed by atoms with Gasteiger partial charge in [0, 0.05) is 25.3 Å². The van der Waals surface area contributed by atoms with E-state index in [1.165, 1.54) is 0 Å². The van der Waals surface area contributed by atoms with Gasteiger partial charge in [-0.05, 0) is 57.5 Å². The lowest BCUT2D eigenvalue weighted by molar-refractivity contribution is -0.151. The molecule has 1 N–H and O–H groups in total. The van der Waals surface area contributed by atoms with Gasteiger partial charge in [0.15, 0.2) is 6.04 Å². The second-order valence-corrected chi connectivity index (χ2v) is 8.25. The summed E-state index contributed by atoms with van der Waals surface area (Å²) in [7, 11) is 3.82. The van der Waals surface area contributed by atoms with Gasteiger partial charge < -0.3 is 20.5 Å². The van der Waals surface area contributed by atoms with Gasteiger partial charge in [0.05, 0.1) is 0 Å². The molecule has 0 fully saturated rings. The molecule has 0 aliphatic heterocycles. The minimum Gasteiger partial charge on any atom is -0.451 e. The van der Waals surface area contributed by atoms with Crippen molar-refractivity contribution in [2.45, 2.75) is 39.3 Å². The molecular formula is C23H28N4O3. The highest BCUT2D eigenvalue weighted by Gasteiger charge is 2.37. The number of rotatable bonds is 6. The van der Waals surface area contributed by atoms with Crippen LogP contribution in [-0.2, 0) is 9.53 Å². The van der Waals surface area contributed by atoms with E-state index in [0.29, 0.717) is 11.1 Å². The van der Waals surface area contributed by atoms with Crippen molar-refractivity contribution in [2.75, 3.05) is 19.0 Å². The molecule has 158 valence electrons. The summed E-state index contributed by atoms with van der Waals surface area (Å²) >= 11 is 0. The molecular weight excluding hydrogens is 380 g/mol. The number of amides is 1. The fraction of sp³-hybridized carbons (Fsp3) is 0.348. The molecule has 0 radical (unpaired) electrons. The van der Waals surface area contributed by atoms with E-state index >= 15 is 0 Å². The van der Waals surface area contributed by atoms with Crippen LogP contribution in [0.25, 0.3) is 5.53 Å². The summed E-state index contributed by atoms with van der Waals surface area (Å²) in [5.74, 6) is -1.21. The molecule has 0 aliphatic rings. The van der Waals surface area contributed by atoms with Crippen molar-refractivity contribution in [2.24, 2.45) is 0 Å². The molecule has 2 aromatic carbocycles. The summed E-state index contributed by atoms with van der Waals surface area (Å²) in [6.07, 6.45) is 0. The van der Waals surface area contributed by atoms with Crippen LogP contribution in [0.3, 0.4) is 0 Å². The molecule has 0 saturated carbocycles. The molecule has 30 heavy (non-hydrogen) atoms. The Bertz CT molecular complexity index is 951. The number of hydrogen-bond donors (Lipinski definition) is 1. The predicted molar refractivity (Wildman–Crippen MR) is 117 cm³/mol. The van der Waals surface area contributed by atoms with Gasteiger partial charge in [0.25, 0.3) is 5.91 Å². The standard InChI is InChI=1S/C23H28N4O3/c1-15-7-9-16(10-8-15)19(20(26-24)22(29)30-23(2,3)4)25-21(28)17-11-13-18(14-12-17)27(5)6/h7-14,19H,1-6H3,(H,25,28)/t19-/m0/s1. The number of hydrogen-bond acceptors (Lipinski definition) is 4. The Labute approximate surface area is 177 Å². The monoisotopic (exact) mass is 408 g/mol. The quantitative estimate of drug-likeness (QED) is 0.342. The van der Waals surface area contributed by atoms with Crippen LogP contribution in [0, 0.1) is 6.92 Å². The molecule has 0 saturated heterocycles. The normalized spacial score (nSPS) is 11.8. The summed E-state index contributed by atoms with van der Waals surface area (Å²) in [6, 6.07) is 13.3. The molecule has 7 heteroatoms. The fourth-order valence-electron chi connectivity index (χ4n) is 2.74. The van der Waals surface area contributed by atoms with Crippen LogP contribution in [-0.4, -0.2) is 42.1 Å². The van der Waals surface area contributed by atoms with Crippen LogP contribution in [0.2, 0.25) is 0 Å². The number of nitrogens with zero attached hydrogens (tertiary/aromatic N) is 3. The Morgan fingerprint density at radius 3 is 2.07 bits per heavy atom. The lowest BCUT2D eigenvalue weighted by atomic mass is 9.99. The van der Waals surface area contributed by atoms with Gasteiger partial charge in [-0.1, -0.05) is 29.8 Å². The number of carbonyl (C=O) groups excluding carboxylic acids is 2. The number of benzene rings is 2. The van der Waals surface area contributed by atoms with Crippen molar-refractivity contribution >= 4 is 23.3 Å². The lowest BCUT2D eigenvalue weighted by Gasteiger charge is -2.20. The van der Waals surface area contributed by atoms with E-state index in [0.717, 1.165) is 11.3 Å². The van der Waals surface area contributed by atoms with Crippen LogP contribution in [0.15, 0.2) is 48.5 Å². The zero-order valence-electron chi connectivity index (χ0n) is 18.3. The SMILES string of the molecule is Cc1ccc([C@H](NC(=O)c2ccc(N(C)C)cc2)C(=[N+]=[N-])C(=O)OC(C)(C)C)cc1. The fourth-order valence-corrected chi connectivity index (χ4v) is 2.74. The van der Waals surface area contributed by atoms with E-state index in [2.05, 4.69) is 10.1 Å². The van der Waals surface area contributed by atoms with Gasteiger partial charge in [-0.15, -0.1) is 0 Å². The average Bonchev–Trinajstić information content (AvgIpc) is 2.67. The first-order valence-corrected chi connectivity index (χ1v) is 9.62. The van der Waals surface area contributed by atoms with Crippen molar-refractivity contribution in [1.82, 2.24) is 5.32 Å². The molecule has 2 rings (SSSR count). The third kappa shape index (κ3) is 6.03. The first-order valence-electron chi connectivity index (χ1n) is 9.62. The minimum absolute atomic E-state index is 0.299. The largest absolute Gasteiger partial charge is 0.451 e. The van der Waals surface area contributed by atoms with E-state index < -0.39 is 23.5 Å². The Kier molecular flexibility index (Phi) is 7.14. The Morgan fingerprint density at radius 1 is 1.03 bits per heavy atom. The maximum Gasteiger partial charge on any atom is 0.420 e. The number of nitrogens with one attached hydrogen (secondary N) is 1. The number of carbonyl (C=O) groups is 2. The highest BCUT2D eigenvalue weighted by molar-refractivity contribution is 6.36. The first-order chi connectivity index (χ1) is 14.0. The summed E-state index contributed by atoms with van der Waals surface area (Å²) in [5, 5.41) is 2.79. The smallest absolute Gasteiger partial charge is 0.420 e. The lowest BCUT2D eigenvalue weighted by Crippen LogP contribution is -2.40. The zero-order chi connectivity index (χ0) is 22.5. The molecule has 0 spiro atoms. The van der Waals surface area contributed by atoms with Crippen molar-refractivity contribution in [3.8, 4) is 0 Å². The average molecular weight is 409 g/mol. The van der Waals surface area contributed by atoms with Crippen LogP contribution in [0.5, 0.6) is 0 Å². The molecule has 0 aromatic heterocycles. The summed E-state index contributed by atoms with van der Waals surface area (Å²) in [5.41, 5.74) is 11.5. The van der Waals surface area contributed by atoms with Crippen molar-refractivity contribution < 1.29 is 19.1 Å². The molecule has 1 amide bonds. The number of aryl methyl sites for hydroxylation is 1. The van der Waals surface area contributed by atoms with E-state index in [1.54, 1.807) is 45.0 Å². The van der Waals surface area contributed by atoms with Crippen LogP contribution in [0.4, 0.5) is 5.69 Å². The Hall–Kier alpha value is -3.44. The van der Waals surface area contributed by atoms with Gasteiger partial charge in [0.2, 0.25) is 0 Å². The van der Waals surface area contributed by atoms with Gasteiger partial charge in [-0.3, -0.25) is 4.79 Å². The van der Waals surface area contributed by atoms with Crippen molar-refractivity contribution in [1.29, 1.82) is 0 Å². The van der Waals surface area contributed by atoms with Gasteiger partial charge in [0.1, 0.15) is 5.60 Å². The first kappa shape index (κ1) is 22.8. The molecule has 0 aliphatic carbocycles. The van der Waals surface area contributed by atoms with Crippen molar-refractivity contribution in [3.05, 3.63) is 70.8 Å². The third-order valence-corrected chi connectivity index (χ3v) is 4.32. The van der Waals surface area contributed by atoms with Crippen LogP contribution < -0.4 is 10.2 Å². The van der Waals surface area contributed by atoms with E-state index in [-0.39, 0.29) is 5.71 Å². The molecule has 1 atom stereocenters. The van der Waals surface area contributed by atoms with E-state index in [4.69, 9.17) is 4.74 Å². The highest BCUT2D eigenvalue weighted by Crippen LogP contribution is 2.19. The molecule has 0 unspecified atom stereocenters. The predicted octanol–water partition coefficient (Wildman–Crippen LogP) is 3.54. The van der Waals surface area contributed by atoms with Gasteiger partial charge in [-0.25, -0.2) is 4.79 Å². The maximum atomic E-state index is 12.9. The summed E-state index contributed by atoms with van der Waals surface area (Å²) < 4.78 is 5.36. The highest BCUT2D eigenvalue weighted by atomic mass is 16.6. The number of ether oxygens (including phenoxy) is 1. The molecule has 7 nitrogen and oxygen atoms in total. The molecule has 0 bridgehead atoms. The number of esters is 1. The second-order valence-electron chi connectivity index (χ2n) is 8.25. The van der Waals surface area contributed by atoms with Crippen LogP contribution in [0.1, 0.15) is 48.3 Å². The second kappa shape index (κ2) is 9.37. The van der Waals surface area contributed by atoms with Gasteiger partial charge in [-0.2, -0.15) is 4.79 Å². The Balaban J connectivity index is 2.38. The topological polar surface area (TPSA) is 95.0 Å². The number of anilines is 1. The summed E-state index contributed by atoms with van der Waals surface area (Å²) in [6.45, 7) is 7.07. The van der Waals surface area contributed by atoms with Gasteiger partial charge >= 0.3 is 11.7 Å². The zero-order valence-corrected chi connectivity index (χ0v) is 18.3. The molecule has 0 heterocycles. The third-order valence-electron chi connectivity index (χ3n) is 4.32. The Morgan fingerprint density at radius 2 is 1.60 bits per heavy atom. The maximum absolute atomic E-state index is 12.9. The molecule has 2 aromatic rings. The van der Waals surface area contributed by atoms with Crippen LogP contribution >= 0.6 is 0 Å². The minimum atomic E-state index is -0.980. The van der Waals surface area contributed by atoms with Crippen molar-refractivity contribution in [3.63, 3.8) is 0 Å². The van der Waals surface area contributed by atoms with E-state index in [9.17, 15) is 15.1 Å². The summed E-state index contributed by atoms with van der Waals surface area (Å²) in [4.78, 5) is 30.6.